The maximum atomic E-state index is 2.40. The van der Waals surface area contributed by atoms with Crippen molar-refractivity contribution in [1.82, 2.24) is 4.57 Å². The molecule has 0 fully saturated rings. The van der Waals surface area contributed by atoms with Gasteiger partial charge in [-0.2, -0.15) is 0 Å². The number of hydrogen-bond donors (Lipinski definition) is 0. The summed E-state index contributed by atoms with van der Waals surface area (Å²) in [5, 5.41) is 7.80. The molecule has 0 unspecified atom stereocenters. The second-order valence-corrected chi connectivity index (χ2v) is 8.58. The summed E-state index contributed by atoms with van der Waals surface area (Å²) in [6, 6.07) is 46.0. The van der Waals surface area contributed by atoms with Crippen LogP contribution < -0.4 is 0 Å². The summed E-state index contributed by atoms with van der Waals surface area (Å²) < 4.78 is 2.39. The van der Waals surface area contributed by atoms with Crippen molar-refractivity contribution >= 4 is 43.4 Å². The highest BCUT2D eigenvalue weighted by molar-refractivity contribution is 6.27. The van der Waals surface area contributed by atoms with E-state index < -0.39 is 0 Å². The molecule has 0 saturated heterocycles. The lowest BCUT2D eigenvalue weighted by atomic mass is 9.91. The van der Waals surface area contributed by atoms with Crippen molar-refractivity contribution in [3.05, 3.63) is 127 Å². The minimum Gasteiger partial charge on any atom is -0.309 e. The molecule has 154 valence electrons. The van der Waals surface area contributed by atoms with Crippen LogP contribution in [0.5, 0.6) is 0 Å². The summed E-state index contributed by atoms with van der Waals surface area (Å²) in [7, 11) is 0. The first-order valence-corrected chi connectivity index (χ1v) is 11.4. The SMILES string of the molecule is c1ccc(-c2cc3c(ccc4c3c3ccccc3n4-c3ccccc3)c3ccccc23)cc1. The molecule has 0 saturated carbocycles. The fourth-order valence-electron chi connectivity index (χ4n) is 5.36. The van der Waals surface area contributed by atoms with Crippen LogP contribution in [0.25, 0.3) is 60.2 Å². The Kier molecular flexibility index (Phi) is 3.91. The number of hydrogen-bond acceptors (Lipinski definition) is 0. The van der Waals surface area contributed by atoms with Gasteiger partial charge in [-0.15, -0.1) is 0 Å². The lowest BCUT2D eigenvalue weighted by Gasteiger charge is -2.13. The molecule has 7 aromatic rings. The minimum atomic E-state index is 1.19. The van der Waals surface area contributed by atoms with Gasteiger partial charge in [-0.25, -0.2) is 0 Å². The third-order valence-electron chi connectivity index (χ3n) is 6.77. The number of nitrogens with zero attached hydrogens (tertiary/aromatic N) is 1. The summed E-state index contributed by atoms with van der Waals surface area (Å²) in [4.78, 5) is 0. The van der Waals surface area contributed by atoms with Gasteiger partial charge in [0.2, 0.25) is 0 Å². The average Bonchev–Trinajstić information content (AvgIpc) is 3.24. The molecule has 6 aromatic carbocycles. The summed E-state index contributed by atoms with van der Waals surface area (Å²) >= 11 is 0. The lowest BCUT2D eigenvalue weighted by Crippen LogP contribution is -1.93. The smallest absolute Gasteiger partial charge is 0.0547 e. The lowest BCUT2D eigenvalue weighted by molar-refractivity contribution is 1.18. The first-order chi connectivity index (χ1) is 16.4. The zero-order chi connectivity index (χ0) is 21.8. The number of fused-ring (bicyclic) bond motifs is 7. The van der Waals surface area contributed by atoms with Crippen LogP contribution in [0.1, 0.15) is 0 Å². The second-order valence-electron chi connectivity index (χ2n) is 8.58. The van der Waals surface area contributed by atoms with E-state index in [1.54, 1.807) is 0 Å². The topological polar surface area (TPSA) is 4.93 Å². The molecule has 1 nitrogen and oxygen atoms in total. The van der Waals surface area contributed by atoms with Gasteiger partial charge >= 0.3 is 0 Å². The Morgan fingerprint density at radius 1 is 0.394 bits per heavy atom. The molecule has 0 amide bonds. The molecule has 0 aliphatic rings. The maximum absolute atomic E-state index is 2.40. The molecule has 0 spiro atoms. The van der Waals surface area contributed by atoms with E-state index in [2.05, 4.69) is 132 Å². The van der Waals surface area contributed by atoms with Crippen LogP contribution in [0.4, 0.5) is 0 Å². The van der Waals surface area contributed by atoms with Gasteiger partial charge in [-0.05, 0) is 63.0 Å². The summed E-state index contributed by atoms with van der Waals surface area (Å²) in [5.41, 5.74) is 6.19. The van der Waals surface area contributed by atoms with Gasteiger partial charge in [0.25, 0.3) is 0 Å². The van der Waals surface area contributed by atoms with Crippen molar-refractivity contribution in [2.75, 3.05) is 0 Å². The van der Waals surface area contributed by atoms with Crippen molar-refractivity contribution in [3.8, 4) is 16.8 Å². The zero-order valence-electron chi connectivity index (χ0n) is 18.1. The van der Waals surface area contributed by atoms with E-state index in [0.29, 0.717) is 0 Å². The predicted octanol–water partition coefficient (Wildman–Crippen LogP) is 8.76. The van der Waals surface area contributed by atoms with Crippen LogP contribution in [-0.2, 0) is 0 Å². The van der Waals surface area contributed by atoms with E-state index in [-0.39, 0.29) is 0 Å². The van der Waals surface area contributed by atoms with Crippen LogP contribution in [0, 0.1) is 0 Å². The minimum absolute atomic E-state index is 1.19. The molecular formula is C32H21N. The van der Waals surface area contributed by atoms with Crippen molar-refractivity contribution in [3.63, 3.8) is 0 Å². The van der Waals surface area contributed by atoms with Crippen molar-refractivity contribution in [2.24, 2.45) is 0 Å². The van der Waals surface area contributed by atoms with Crippen LogP contribution in [-0.4, -0.2) is 4.57 Å². The molecule has 1 aromatic heterocycles. The van der Waals surface area contributed by atoms with Crippen LogP contribution in [0.3, 0.4) is 0 Å². The second kappa shape index (κ2) is 7.08. The quantitative estimate of drug-likeness (QED) is 0.247. The fourth-order valence-corrected chi connectivity index (χ4v) is 5.36. The first-order valence-electron chi connectivity index (χ1n) is 11.4. The summed E-state index contributed by atoms with van der Waals surface area (Å²) in [5.74, 6) is 0. The standard InChI is InChI=1S/C32H21N/c1-3-11-22(12-4-1)28-21-29-26(24-15-7-8-16-25(24)28)19-20-31-32(29)27-17-9-10-18-30(27)33(31)23-13-5-2-6-14-23/h1-21H. The molecule has 1 heteroatoms. The molecule has 1 heterocycles. The van der Waals surface area contributed by atoms with Crippen molar-refractivity contribution in [1.29, 1.82) is 0 Å². The van der Waals surface area contributed by atoms with E-state index in [0.717, 1.165) is 0 Å². The average molecular weight is 420 g/mol. The molecule has 0 aliphatic carbocycles. The highest BCUT2D eigenvalue weighted by atomic mass is 15.0. The Labute approximate surface area is 192 Å². The van der Waals surface area contributed by atoms with Gasteiger partial charge in [0.1, 0.15) is 0 Å². The Morgan fingerprint density at radius 3 is 1.79 bits per heavy atom. The van der Waals surface area contributed by atoms with Crippen LogP contribution in [0.2, 0.25) is 0 Å². The summed E-state index contributed by atoms with van der Waals surface area (Å²) in [6.07, 6.45) is 0. The van der Waals surface area contributed by atoms with Gasteiger partial charge in [0, 0.05) is 16.5 Å². The monoisotopic (exact) mass is 419 g/mol. The molecule has 0 bridgehead atoms. The number of rotatable bonds is 2. The number of aromatic nitrogens is 1. The Morgan fingerprint density at radius 2 is 1.00 bits per heavy atom. The third kappa shape index (κ3) is 2.66. The van der Waals surface area contributed by atoms with Crippen LogP contribution >= 0.6 is 0 Å². The largest absolute Gasteiger partial charge is 0.309 e. The highest BCUT2D eigenvalue weighted by Crippen LogP contribution is 2.41. The van der Waals surface area contributed by atoms with Gasteiger partial charge in [0.15, 0.2) is 0 Å². The van der Waals surface area contributed by atoms with E-state index in [1.807, 2.05) is 0 Å². The Balaban J connectivity index is 1.71. The molecule has 33 heavy (non-hydrogen) atoms. The molecule has 0 aliphatic heterocycles. The first kappa shape index (κ1) is 18.2. The Bertz CT molecular complexity index is 1790. The maximum Gasteiger partial charge on any atom is 0.0547 e. The van der Waals surface area contributed by atoms with Gasteiger partial charge in [-0.3, -0.25) is 0 Å². The summed E-state index contributed by atoms with van der Waals surface area (Å²) in [6.45, 7) is 0. The van der Waals surface area contributed by atoms with E-state index in [4.69, 9.17) is 0 Å². The van der Waals surface area contributed by atoms with E-state index >= 15 is 0 Å². The van der Waals surface area contributed by atoms with Crippen molar-refractivity contribution < 1.29 is 0 Å². The van der Waals surface area contributed by atoms with Crippen molar-refractivity contribution in [2.45, 2.75) is 0 Å². The Hall–Kier alpha value is -4.36. The molecule has 0 N–H and O–H groups in total. The fraction of sp³-hybridized carbons (Fsp3) is 0. The normalized spacial score (nSPS) is 11.6. The molecule has 0 atom stereocenters. The molecule has 0 radical (unpaired) electrons. The van der Waals surface area contributed by atoms with Crippen LogP contribution in [0.15, 0.2) is 127 Å². The van der Waals surface area contributed by atoms with Gasteiger partial charge < -0.3 is 4.57 Å². The van der Waals surface area contributed by atoms with E-state index in [1.165, 1.54) is 60.2 Å². The third-order valence-corrected chi connectivity index (χ3v) is 6.77. The predicted molar refractivity (Wildman–Crippen MR) is 141 cm³/mol. The number of benzene rings is 6. The highest BCUT2D eigenvalue weighted by Gasteiger charge is 2.17. The number of para-hydroxylation sites is 2. The van der Waals surface area contributed by atoms with E-state index in [9.17, 15) is 0 Å². The van der Waals surface area contributed by atoms with Gasteiger partial charge in [0.05, 0.1) is 11.0 Å². The molecular weight excluding hydrogens is 398 g/mol. The molecule has 7 rings (SSSR count). The zero-order valence-corrected chi connectivity index (χ0v) is 18.1. The van der Waals surface area contributed by atoms with Gasteiger partial charge in [-0.1, -0.05) is 97.1 Å².